The van der Waals surface area contributed by atoms with Gasteiger partial charge in [-0.2, -0.15) is 4.91 Å². The Bertz CT molecular complexity index is 171. The SMILES string of the molecule is CCC(C)(CCC=C(C)C)N=O. The summed E-state index contributed by atoms with van der Waals surface area (Å²) in [6.07, 6.45) is 4.79. The predicted octanol–water partition coefficient (Wildman–Crippen LogP) is 3.67. The molecule has 1 unspecified atom stereocenters. The largest absolute Gasteiger partial charge is 0.150 e. The van der Waals surface area contributed by atoms with E-state index < -0.39 is 0 Å². The molecule has 0 radical (unpaired) electrons. The molecule has 0 fully saturated rings. The van der Waals surface area contributed by atoms with Crippen LogP contribution in [0.1, 0.15) is 47.0 Å². The molecule has 0 aromatic heterocycles. The Morgan fingerprint density at radius 2 is 2.08 bits per heavy atom. The van der Waals surface area contributed by atoms with Crippen molar-refractivity contribution in [2.24, 2.45) is 5.18 Å². The first-order valence-electron chi connectivity index (χ1n) is 4.52. The summed E-state index contributed by atoms with van der Waals surface area (Å²) in [7, 11) is 0. The Labute approximate surface area is 75.0 Å². The van der Waals surface area contributed by atoms with Crippen molar-refractivity contribution in [2.75, 3.05) is 0 Å². The molecule has 0 rings (SSSR count). The Hall–Kier alpha value is -0.660. The molecule has 1 atom stereocenters. The van der Waals surface area contributed by atoms with E-state index in [1.807, 2.05) is 13.8 Å². The topological polar surface area (TPSA) is 29.4 Å². The monoisotopic (exact) mass is 169 g/mol. The average Bonchev–Trinajstić information content (AvgIpc) is 2.03. The Morgan fingerprint density at radius 1 is 1.50 bits per heavy atom. The third-order valence-corrected chi connectivity index (χ3v) is 2.22. The molecular weight excluding hydrogens is 150 g/mol. The number of rotatable bonds is 5. The highest BCUT2D eigenvalue weighted by atomic mass is 16.3. The van der Waals surface area contributed by atoms with E-state index in [9.17, 15) is 4.91 Å². The van der Waals surface area contributed by atoms with Crippen LogP contribution in [0.2, 0.25) is 0 Å². The van der Waals surface area contributed by atoms with Crippen LogP contribution in [-0.2, 0) is 0 Å². The second kappa shape index (κ2) is 5.07. The standard InChI is InChI=1S/C10H19NO/c1-5-10(4,11-12)8-6-7-9(2)3/h7H,5-6,8H2,1-4H3. The van der Waals surface area contributed by atoms with E-state index in [1.54, 1.807) is 0 Å². The summed E-state index contributed by atoms with van der Waals surface area (Å²) < 4.78 is 0. The van der Waals surface area contributed by atoms with Gasteiger partial charge in [-0.05, 0) is 40.0 Å². The van der Waals surface area contributed by atoms with E-state index in [0.29, 0.717) is 0 Å². The Morgan fingerprint density at radius 3 is 2.42 bits per heavy atom. The first-order valence-corrected chi connectivity index (χ1v) is 4.52. The van der Waals surface area contributed by atoms with Crippen LogP contribution < -0.4 is 0 Å². The van der Waals surface area contributed by atoms with Gasteiger partial charge < -0.3 is 0 Å². The summed E-state index contributed by atoms with van der Waals surface area (Å²) in [6, 6.07) is 0. The normalized spacial score (nSPS) is 15.0. The summed E-state index contributed by atoms with van der Waals surface area (Å²) >= 11 is 0. The maximum Gasteiger partial charge on any atom is 0.0999 e. The number of hydrogen-bond acceptors (Lipinski definition) is 2. The van der Waals surface area contributed by atoms with Crippen molar-refractivity contribution in [3.05, 3.63) is 16.6 Å². The van der Waals surface area contributed by atoms with Crippen LogP contribution in [0.15, 0.2) is 16.8 Å². The molecule has 2 nitrogen and oxygen atoms in total. The fourth-order valence-electron chi connectivity index (χ4n) is 0.959. The second-order valence-corrected chi connectivity index (χ2v) is 3.76. The van der Waals surface area contributed by atoms with Gasteiger partial charge in [0.2, 0.25) is 0 Å². The molecule has 0 saturated heterocycles. The van der Waals surface area contributed by atoms with E-state index >= 15 is 0 Å². The van der Waals surface area contributed by atoms with Crippen molar-refractivity contribution >= 4 is 0 Å². The molecule has 0 bridgehead atoms. The van der Waals surface area contributed by atoms with Gasteiger partial charge in [-0.3, -0.25) is 0 Å². The van der Waals surface area contributed by atoms with Crippen LogP contribution in [0.5, 0.6) is 0 Å². The van der Waals surface area contributed by atoms with E-state index in [-0.39, 0.29) is 5.54 Å². The van der Waals surface area contributed by atoms with Crippen LogP contribution in [0.3, 0.4) is 0 Å². The molecule has 0 amide bonds. The Balaban J connectivity index is 3.89. The second-order valence-electron chi connectivity index (χ2n) is 3.76. The third kappa shape index (κ3) is 4.27. The summed E-state index contributed by atoms with van der Waals surface area (Å²) in [5, 5.41) is 3.16. The highest BCUT2D eigenvalue weighted by Crippen LogP contribution is 2.21. The minimum Gasteiger partial charge on any atom is -0.150 e. The van der Waals surface area contributed by atoms with Crippen molar-refractivity contribution in [1.82, 2.24) is 0 Å². The molecule has 0 aliphatic rings. The van der Waals surface area contributed by atoms with Crippen molar-refractivity contribution in [3.63, 3.8) is 0 Å². The van der Waals surface area contributed by atoms with Gasteiger partial charge in [-0.1, -0.05) is 23.7 Å². The molecule has 2 heteroatoms. The molecule has 0 heterocycles. The fourth-order valence-corrected chi connectivity index (χ4v) is 0.959. The van der Waals surface area contributed by atoms with E-state index in [0.717, 1.165) is 19.3 Å². The summed E-state index contributed by atoms with van der Waals surface area (Å²) in [5.74, 6) is 0. The van der Waals surface area contributed by atoms with Crippen LogP contribution in [0, 0.1) is 4.91 Å². The van der Waals surface area contributed by atoms with Crippen LogP contribution in [-0.4, -0.2) is 5.54 Å². The first-order chi connectivity index (χ1) is 5.54. The zero-order valence-corrected chi connectivity index (χ0v) is 8.55. The minimum absolute atomic E-state index is 0.355. The molecular formula is C10H19NO. The van der Waals surface area contributed by atoms with Gasteiger partial charge in [0, 0.05) is 0 Å². The van der Waals surface area contributed by atoms with Gasteiger partial charge in [0.05, 0.1) is 5.54 Å². The maximum absolute atomic E-state index is 10.5. The lowest BCUT2D eigenvalue weighted by Crippen LogP contribution is -2.19. The van der Waals surface area contributed by atoms with Crippen molar-refractivity contribution < 1.29 is 0 Å². The van der Waals surface area contributed by atoms with E-state index in [2.05, 4.69) is 25.1 Å². The van der Waals surface area contributed by atoms with Crippen molar-refractivity contribution in [3.8, 4) is 0 Å². The Kier molecular flexibility index (Phi) is 4.79. The predicted molar refractivity (Wildman–Crippen MR) is 53.2 cm³/mol. The van der Waals surface area contributed by atoms with Gasteiger partial charge in [0.1, 0.15) is 0 Å². The lowest BCUT2D eigenvalue weighted by molar-refractivity contribution is 0.421. The molecule has 0 aliphatic heterocycles. The van der Waals surface area contributed by atoms with Gasteiger partial charge in [-0.25, -0.2) is 0 Å². The lowest BCUT2D eigenvalue weighted by atomic mass is 9.94. The van der Waals surface area contributed by atoms with Crippen LogP contribution in [0.25, 0.3) is 0 Å². The van der Waals surface area contributed by atoms with Gasteiger partial charge >= 0.3 is 0 Å². The lowest BCUT2D eigenvalue weighted by Gasteiger charge is -2.17. The number of nitroso groups, excluding NO2 is 1. The van der Waals surface area contributed by atoms with Crippen molar-refractivity contribution in [1.29, 1.82) is 0 Å². The zero-order valence-electron chi connectivity index (χ0n) is 8.55. The van der Waals surface area contributed by atoms with E-state index in [4.69, 9.17) is 0 Å². The van der Waals surface area contributed by atoms with Crippen LogP contribution in [0.4, 0.5) is 0 Å². The molecule has 0 aromatic carbocycles. The first kappa shape index (κ1) is 11.3. The number of hydrogen-bond donors (Lipinski definition) is 0. The molecule has 0 aromatic rings. The molecule has 0 saturated carbocycles. The van der Waals surface area contributed by atoms with Gasteiger partial charge in [-0.15, -0.1) is 0 Å². The van der Waals surface area contributed by atoms with Gasteiger partial charge in [0.15, 0.2) is 0 Å². The van der Waals surface area contributed by atoms with E-state index in [1.165, 1.54) is 5.57 Å². The minimum atomic E-state index is -0.355. The highest BCUT2D eigenvalue weighted by Gasteiger charge is 2.21. The third-order valence-electron chi connectivity index (χ3n) is 2.22. The zero-order chi connectivity index (χ0) is 9.61. The smallest absolute Gasteiger partial charge is 0.0999 e. The van der Waals surface area contributed by atoms with Crippen molar-refractivity contribution in [2.45, 2.75) is 52.5 Å². The van der Waals surface area contributed by atoms with Crippen LogP contribution >= 0.6 is 0 Å². The number of nitrogens with zero attached hydrogens (tertiary/aromatic N) is 1. The molecule has 0 N–H and O–H groups in total. The summed E-state index contributed by atoms with van der Waals surface area (Å²) in [4.78, 5) is 10.5. The number of allylic oxidation sites excluding steroid dienone is 2. The maximum atomic E-state index is 10.5. The molecule has 70 valence electrons. The quantitative estimate of drug-likeness (QED) is 0.456. The molecule has 0 aliphatic carbocycles. The highest BCUT2D eigenvalue weighted by molar-refractivity contribution is 4.95. The molecule has 0 spiro atoms. The fraction of sp³-hybridized carbons (Fsp3) is 0.800. The summed E-state index contributed by atoms with van der Waals surface area (Å²) in [5.41, 5.74) is 0.950. The summed E-state index contributed by atoms with van der Waals surface area (Å²) in [6.45, 7) is 8.05. The van der Waals surface area contributed by atoms with Gasteiger partial charge in [0.25, 0.3) is 0 Å². The molecule has 12 heavy (non-hydrogen) atoms. The average molecular weight is 169 g/mol.